The van der Waals surface area contributed by atoms with Crippen molar-refractivity contribution < 1.29 is 27.5 Å². The third-order valence-electron chi connectivity index (χ3n) is 4.58. The van der Waals surface area contributed by atoms with Crippen molar-refractivity contribution in [3.05, 3.63) is 45.8 Å². The van der Waals surface area contributed by atoms with Crippen molar-refractivity contribution >= 4 is 38.2 Å². The summed E-state index contributed by atoms with van der Waals surface area (Å²) in [5.74, 6) is -1.12. The summed E-state index contributed by atoms with van der Waals surface area (Å²) in [4.78, 5) is 24.7. The Labute approximate surface area is 177 Å². The Bertz CT molecular complexity index is 1110. The van der Waals surface area contributed by atoms with Crippen molar-refractivity contribution in [1.29, 1.82) is 5.26 Å². The number of nitrogens with one attached hydrogen (secondary N) is 1. The molecule has 0 saturated carbocycles. The molecular formula is C19H19N3O6S2. The minimum absolute atomic E-state index is 0.0820. The van der Waals surface area contributed by atoms with Gasteiger partial charge in [0.05, 0.1) is 30.8 Å². The van der Waals surface area contributed by atoms with E-state index in [9.17, 15) is 23.3 Å². The molecule has 1 aliphatic rings. The van der Waals surface area contributed by atoms with E-state index in [1.807, 2.05) is 6.07 Å². The first-order chi connectivity index (χ1) is 14.3. The van der Waals surface area contributed by atoms with E-state index in [1.165, 1.54) is 35.7 Å². The predicted octanol–water partition coefficient (Wildman–Crippen LogP) is 1.99. The topological polar surface area (TPSA) is 126 Å². The van der Waals surface area contributed by atoms with Gasteiger partial charge in [0.25, 0.3) is 5.91 Å². The summed E-state index contributed by atoms with van der Waals surface area (Å²) in [6, 6.07) is 7.51. The van der Waals surface area contributed by atoms with Crippen LogP contribution in [0.2, 0.25) is 0 Å². The molecule has 158 valence electrons. The standard InChI is InChI=1S/C19H19N3O6S2/c1-12-15(11-20)18(29-16(12)19(24)27-2)21-17(23)13-3-5-14(6-4-13)30(25,26)22-7-9-28-10-8-22/h3-6H,7-10H2,1-2H3,(H,21,23). The van der Waals surface area contributed by atoms with Gasteiger partial charge >= 0.3 is 5.97 Å². The van der Waals surface area contributed by atoms with Gasteiger partial charge in [0.2, 0.25) is 10.0 Å². The van der Waals surface area contributed by atoms with Crippen molar-refractivity contribution in [2.24, 2.45) is 0 Å². The van der Waals surface area contributed by atoms with Crippen molar-refractivity contribution in [2.45, 2.75) is 11.8 Å². The van der Waals surface area contributed by atoms with Gasteiger partial charge in [-0.15, -0.1) is 11.3 Å². The highest BCUT2D eigenvalue weighted by Gasteiger charge is 2.27. The SMILES string of the molecule is COC(=O)c1sc(NC(=O)c2ccc(S(=O)(=O)N3CCOCC3)cc2)c(C#N)c1C. The fourth-order valence-electron chi connectivity index (χ4n) is 2.91. The van der Waals surface area contributed by atoms with Crippen LogP contribution in [0.4, 0.5) is 5.00 Å². The maximum absolute atomic E-state index is 12.7. The van der Waals surface area contributed by atoms with E-state index in [1.54, 1.807) is 6.92 Å². The van der Waals surface area contributed by atoms with E-state index < -0.39 is 21.9 Å². The minimum atomic E-state index is -3.66. The van der Waals surface area contributed by atoms with E-state index in [-0.39, 0.29) is 39.0 Å². The molecule has 1 aliphatic heterocycles. The maximum atomic E-state index is 12.7. The Kier molecular flexibility index (Phi) is 6.52. The molecule has 1 aromatic carbocycles. The number of nitriles is 1. The van der Waals surface area contributed by atoms with Crippen molar-refractivity contribution in [1.82, 2.24) is 4.31 Å². The van der Waals surface area contributed by atoms with Crippen LogP contribution >= 0.6 is 11.3 Å². The number of sulfonamides is 1. The number of rotatable bonds is 5. The van der Waals surface area contributed by atoms with Gasteiger partial charge < -0.3 is 14.8 Å². The number of amides is 1. The van der Waals surface area contributed by atoms with E-state index in [0.717, 1.165) is 11.3 Å². The highest BCUT2D eigenvalue weighted by atomic mass is 32.2. The molecule has 0 aliphatic carbocycles. The Morgan fingerprint density at radius 1 is 1.23 bits per heavy atom. The van der Waals surface area contributed by atoms with Gasteiger partial charge in [-0.25, -0.2) is 13.2 Å². The number of carbonyl (C=O) groups excluding carboxylic acids is 2. The third kappa shape index (κ3) is 4.22. The molecule has 0 bridgehead atoms. The molecule has 2 aromatic rings. The number of hydrogen-bond acceptors (Lipinski definition) is 8. The van der Waals surface area contributed by atoms with E-state index in [0.29, 0.717) is 18.8 Å². The summed E-state index contributed by atoms with van der Waals surface area (Å²) in [5.41, 5.74) is 0.822. The van der Waals surface area contributed by atoms with Gasteiger partial charge in [-0.3, -0.25) is 4.79 Å². The molecular weight excluding hydrogens is 430 g/mol. The number of carbonyl (C=O) groups is 2. The summed E-state index contributed by atoms with van der Waals surface area (Å²) in [6.45, 7) is 2.84. The van der Waals surface area contributed by atoms with Gasteiger partial charge in [-0.1, -0.05) is 0 Å². The fraction of sp³-hybridized carbons (Fsp3) is 0.316. The zero-order chi connectivity index (χ0) is 21.9. The van der Waals surface area contributed by atoms with Crippen LogP contribution in [0.1, 0.15) is 31.2 Å². The molecule has 1 N–H and O–H groups in total. The van der Waals surface area contributed by atoms with E-state index >= 15 is 0 Å². The Hall–Kier alpha value is -2.78. The summed E-state index contributed by atoms with van der Waals surface area (Å²) in [7, 11) is -2.43. The van der Waals surface area contributed by atoms with Crippen LogP contribution in [0.3, 0.4) is 0 Å². The maximum Gasteiger partial charge on any atom is 0.348 e. The molecule has 0 unspecified atom stereocenters. The lowest BCUT2D eigenvalue weighted by Gasteiger charge is -2.26. The first-order valence-corrected chi connectivity index (χ1v) is 11.2. The van der Waals surface area contributed by atoms with Crippen molar-refractivity contribution in [3.63, 3.8) is 0 Å². The lowest BCUT2D eigenvalue weighted by Crippen LogP contribution is -2.40. The summed E-state index contributed by atoms with van der Waals surface area (Å²) < 4.78 is 36.5. The normalized spacial score (nSPS) is 14.7. The highest BCUT2D eigenvalue weighted by molar-refractivity contribution is 7.89. The van der Waals surface area contributed by atoms with Crippen molar-refractivity contribution in [3.8, 4) is 6.07 Å². The van der Waals surface area contributed by atoms with Gasteiger partial charge in [-0.2, -0.15) is 9.57 Å². The van der Waals surface area contributed by atoms with Crippen LogP contribution in [0.5, 0.6) is 0 Å². The lowest BCUT2D eigenvalue weighted by molar-refractivity contribution is 0.0605. The third-order valence-corrected chi connectivity index (χ3v) is 7.68. The van der Waals surface area contributed by atoms with E-state index in [4.69, 9.17) is 9.47 Å². The molecule has 3 rings (SSSR count). The average molecular weight is 450 g/mol. The number of morpholine rings is 1. The lowest BCUT2D eigenvalue weighted by atomic mass is 10.1. The molecule has 1 aromatic heterocycles. The molecule has 2 heterocycles. The number of thiophene rings is 1. The van der Waals surface area contributed by atoms with Crippen molar-refractivity contribution in [2.75, 3.05) is 38.7 Å². The summed E-state index contributed by atoms with van der Waals surface area (Å²) in [5, 5.41) is 12.2. The number of esters is 1. The first kappa shape index (κ1) is 21.9. The van der Waals surface area contributed by atoms with Gasteiger partial charge in [-0.05, 0) is 36.8 Å². The first-order valence-electron chi connectivity index (χ1n) is 8.90. The number of benzene rings is 1. The Balaban J connectivity index is 1.80. The monoisotopic (exact) mass is 449 g/mol. The second-order valence-electron chi connectivity index (χ2n) is 6.36. The summed E-state index contributed by atoms with van der Waals surface area (Å²) in [6.07, 6.45) is 0. The van der Waals surface area contributed by atoms with Crippen LogP contribution in [-0.4, -0.2) is 58.0 Å². The zero-order valence-corrected chi connectivity index (χ0v) is 17.9. The number of anilines is 1. The average Bonchev–Trinajstić information content (AvgIpc) is 3.08. The van der Waals surface area contributed by atoms with Crippen LogP contribution in [0, 0.1) is 18.3 Å². The summed E-state index contributed by atoms with van der Waals surface area (Å²) >= 11 is 0.949. The molecule has 0 radical (unpaired) electrons. The molecule has 0 atom stereocenters. The number of ether oxygens (including phenoxy) is 2. The molecule has 1 saturated heterocycles. The van der Waals surface area contributed by atoms with Crippen LogP contribution in [0.25, 0.3) is 0 Å². The number of hydrogen-bond donors (Lipinski definition) is 1. The molecule has 30 heavy (non-hydrogen) atoms. The molecule has 0 spiro atoms. The number of methoxy groups -OCH3 is 1. The quantitative estimate of drug-likeness (QED) is 0.692. The van der Waals surface area contributed by atoms with Gasteiger partial charge in [0, 0.05) is 18.7 Å². The largest absolute Gasteiger partial charge is 0.465 e. The smallest absolute Gasteiger partial charge is 0.348 e. The zero-order valence-electron chi connectivity index (χ0n) is 16.3. The molecule has 9 nitrogen and oxygen atoms in total. The number of nitrogens with zero attached hydrogens (tertiary/aromatic N) is 2. The Morgan fingerprint density at radius 2 is 1.87 bits per heavy atom. The van der Waals surface area contributed by atoms with Crippen LogP contribution in [-0.2, 0) is 19.5 Å². The van der Waals surface area contributed by atoms with Gasteiger partial charge in [0.1, 0.15) is 15.9 Å². The van der Waals surface area contributed by atoms with E-state index in [2.05, 4.69) is 5.32 Å². The second kappa shape index (κ2) is 8.93. The fourth-order valence-corrected chi connectivity index (χ4v) is 5.39. The molecule has 1 amide bonds. The van der Waals surface area contributed by atoms with Crippen LogP contribution < -0.4 is 5.32 Å². The molecule has 1 fully saturated rings. The minimum Gasteiger partial charge on any atom is -0.465 e. The second-order valence-corrected chi connectivity index (χ2v) is 9.32. The predicted molar refractivity (Wildman–Crippen MR) is 109 cm³/mol. The molecule has 11 heteroatoms. The van der Waals surface area contributed by atoms with Crippen LogP contribution in [0.15, 0.2) is 29.2 Å². The Morgan fingerprint density at radius 3 is 2.43 bits per heavy atom. The highest BCUT2D eigenvalue weighted by Crippen LogP contribution is 2.33. The van der Waals surface area contributed by atoms with Gasteiger partial charge in [0.15, 0.2) is 0 Å².